The van der Waals surface area contributed by atoms with E-state index in [2.05, 4.69) is 10.3 Å². The Morgan fingerprint density at radius 2 is 1.86 bits per heavy atom. The Morgan fingerprint density at radius 3 is 2.52 bits per heavy atom. The third kappa shape index (κ3) is 4.62. The molecule has 0 radical (unpaired) electrons. The van der Waals surface area contributed by atoms with Gasteiger partial charge in [0, 0.05) is 51.2 Å². The number of hydrogen-bond acceptors (Lipinski definition) is 6. The number of carbonyl (C=O) groups is 1. The Bertz CT molecular complexity index is 975. The number of carbonyl (C=O) groups excluding carboxylic acids is 1. The summed E-state index contributed by atoms with van der Waals surface area (Å²) in [6.45, 7) is 1.27. The van der Waals surface area contributed by atoms with Crippen LogP contribution in [0.1, 0.15) is 6.42 Å². The van der Waals surface area contributed by atoms with Crippen molar-refractivity contribution >= 4 is 21.7 Å². The summed E-state index contributed by atoms with van der Waals surface area (Å²) in [5.74, 6) is 1.07. The molecule has 0 spiro atoms. The van der Waals surface area contributed by atoms with Crippen molar-refractivity contribution < 1.29 is 22.7 Å². The van der Waals surface area contributed by atoms with Crippen LogP contribution < -0.4 is 14.8 Å². The molecule has 2 heterocycles. The Labute approximate surface area is 170 Å². The fraction of sp³-hybridized carbons (Fsp3) is 0.444. The summed E-state index contributed by atoms with van der Waals surface area (Å²) < 4.78 is 38.9. The summed E-state index contributed by atoms with van der Waals surface area (Å²) in [7, 11) is 1.10. The van der Waals surface area contributed by atoms with E-state index in [0.29, 0.717) is 36.7 Å². The number of methoxy groups -OCH3 is 2. The highest BCUT2D eigenvalue weighted by Gasteiger charge is 2.29. The van der Waals surface area contributed by atoms with Gasteiger partial charge in [0.05, 0.1) is 20.5 Å². The van der Waals surface area contributed by atoms with E-state index in [4.69, 9.17) is 9.47 Å². The van der Waals surface area contributed by atoms with Gasteiger partial charge < -0.3 is 24.3 Å². The largest absolute Gasteiger partial charge is 0.493 e. The number of nitrogens with one attached hydrogen (secondary N) is 1. The monoisotopic (exact) mass is 423 g/mol. The molecular formula is C18H25N5O5S. The van der Waals surface area contributed by atoms with Gasteiger partial charge in [0.1, 0.15) is 0 Å². The van der Waals surface area contributed by atoms with E-state index in [1.54, 1.807) is 34.7 Å². The highest BCUT2D eigenvalue weighted by molar-refractivity contribution is 7.89. The number of ether oxygens (including phenoxy) is 2. The maximum Gasteiger partial charge on any atom is 0.321 e. The zero-order valence-corrected chi connectivity index (χ0v) is 17.5. The quantitative estimate of drug-likeness (QED) is 0.779. The summed E-state index contributed by atoms with van der Waals surface area (Å²) >= 11 is 0. The number of imidazole rings is 1. The zero-order chi connectivity index (χ0) is 21.0. The van der Waals surface area contributed by atoms with Gasteiger partial charge in [-0.15, -0.1) is 0 Å². The van der Waals surface area contributed by atoms with Crippen LogP contribution in [0.4, 0.5) is 10.5 Å². The van der Waals surface area contributed by atoms with E-state index in [1.807, 2.05) is 0 Å². The minimum Gasteiger partial charge on any atom is -0.493 e. The molecule has 0 saturated carbocycles. The van der Waals surface area contributed by atoms with E-state index in [-0.39, 0.29) is 24.1 Å². The summed E-state index contributed by atoms with van der Waals surface area (Å²) in [6.07, 6.45) is 3.46. The molecule has 158 valence electrons. The predicted molar refractivity (Wildman–Crippen MR) is 107 cm³/mol. The summed E-state index contributed by atoms with van der Waals surface area (Å²) in [4.78, 5) is 18.2. The van der Waals surface area contributed by atoms with Gasteiger partial charge in [0.2, 0.25) is 0 Å². The van der Waals surface area contributed by atoms with Crippen LogP contribution in [0.25, 0.3) is 0 Å². The molecule has 29 heavy (non-hydrogen) atoms. The molecular weight excluding hydrogens is 398 g/mol. The predicted octanol–water partition coefficient (Wildman–Crippen LogP) is 1.37. The number of aromatic nitrogens is 2. The SMILES string of the molecule is COc1ccc(NC(=O)N2CCCN(S(=O)(=O)c3cn(C)cn3)CC2)cc1OC. The normalized spacial score (nSPS) is 15.6. The Hall–Kier alpha value is -2.79. The second-order valence-corrected chi connectivity index (χ2v) is 8.51. The topological polar surface area (TPSA) is 106 Å². The summed E-state index contributed by atoms with van der Waals surface area (Å²) in [5, 5.41) is 2.84. The second-order valence-electron chi connectivity index (χ2n) is 6.62. The van der Waals surface area contributed by atoms with Gasteiger partial charge in [-0.25, -0.2) is 18.2 Å². The lowest BCUT2D eigenvalue weighted by atomic mass is 10.2. The van der Waals surface area contributed by atoms with Crippen LogP contribution in [-0.4, -0.2) is 73.6 Å². The maximum absolute atomic E-state index is 12.8. The van der Waals surface area contributed by atoms with Crippen LogP contribution >= 0.6 is 0 Å². The fourth-order valence-corrected chi connectivity index (χ4v) is 4.54. The molecule has 1 aliphatic rings. The van der Waals surface area contributed by atoms with Crippen molar-refractivity contribution in [1.82, 2.24) is 18.8 Å². The second kappa shape index (κ2) is 8.70. The molecule has 1 aromatic carbocycles. The van der Waals surface area contributed by atoms with Crippen LogP contribution in [0, 0.1) is 0 Å². The van der Waals surface area contributed by atoms with E-state index >= 15 is 0 Å². The summed E-state index contributed by atoms with van der Waals surface area (Å²) in [6, 6.07) is 4.80. The summed E-state index contributed by atoms with van der Waals surface area (Å²) in [5.41, 5.74) is 0.565. The number of amides is 2. The minimum atomic E-state index is -3.68. The van der Waals surface area contributed by atoms with E-state index in [9.17, 15) is 13.2 Å². The van der Waals surface area contributed by atoms with Crippen LogP contribution in [-0.2, 0) is 17.1 Å². The van der Waals surface area contributed by atoms with Crippen molar-refractivity contribution in [1.29, 1.82) is 0 Å². The molecule has 0 bridgehead atoms. The van der Waals surface area contributed by atoms with Crippen molar-refractivity contribution in [3.8, 4) is 11.5 Å². The highest BCUT2D eigenvalue weighted by atomic mass is 32.2. The molecule has 0 unspecified atom stereocenters. The first kappa shape index (κ1) is 20.9. The lowest BCUT2D eigenvalue weighted by molar-refractivity contribution is 0.214. The van der Waals surface area contributed by atoms with Crippen LogP contribution in [0.15, 0.2) is 35.7 Å². The third-order valence-electron chi connectivity index (χ3n) is 4.66. The van der Waals surface area contributed by atoms with Crippen LogP contribution in [0.3, 0.4) is 0 Å². The molecule has 10 nitrogen and oxygen atoms in total. The first-order chi connectivity index (χ1) is 13.8. The maximum atomic E-state index is 12.8. The van der Waals surface area contributed by atoms with Gasteiger partial charge in [-0.3, -0.25) is 0 Å². The molecule has 3 rings (SSSR count). The number of rotatable bonds is 5. The standard InChI is InChI=1S/C18H25N5O5S/c1-21-12-17(19-13-21)29(25,26)23-8-4-7-22(9-10-23)18(24)20-14-5-6-15(27-2)16(11-14)28-3/h5-6,11-13H,4,7-10H2,1-3H3,(H,20,24). The van der Waals surface area contributed by atoms with Crippen molar-refractivity contribution in [2.24, 2.45) is 7.05 Å². The molecule has 1 fully saturated rings. The van der Waals surface area contributed by atoms with Gasteiger partial charge in [-0.05, 0) is 18.6 Å². The molecule has 0 atom stereocenters. The van der Waals surface area contributed by atoms with Crippen molar-refractivity contribution in [3.05, 3.63) is 30.7 Å². The van der Waals surface area contributed by atoms with Crippen molar-refractivity contribution in [2.75, 3.05) is 45.7 Å². The van der Waals surface area contributed by atoms with Gasteiger partial charge >= 0.3 is 6.03 Å². The Morgan fingerprint density at radius 1 is 1.10 bits per heavy atom. The van der Waals surface area contributed by atoms with Crippen molar-refractivity contribution in [3.63, 3.8) is 0 Å². The van der Waals surface area contributed by atoms with Crippen LogP contribution in [0.2, 0.25) is 0 Å². The van der Waals surface area contributed by atoms with Gasteiger partial charge in [-0.2, -0.15) is 4.31 Å². The van der Waals surface area contributed by atoms with E-state index in [0.717, 1.165) is 0 Å². The van der Waals surface area contributed by atoms with Gasteiger partial charge in [0.25, 0.3) is 10.0 Å². The first-order valence-electron chi connectivity index (χ1n) is 9.11. The molecule has 1 N–H and O–H groups in total. The number of sulfonamides is 1. The lowest BCUT2D eigenvalue weighted by Crippen LogP contribution is -2.39. The fourth-order valence-electron chi connectivity index (χ4n) is 3.11. The molecule has 11 heteroatoms. The molecule has 1 aliphatic heterocycles. The first-order valence-corrected chi connectivity index (χ1v) is 10.5. The van der Waals surface area contributed by atoms with Crippen LogP contribution in [0.5, 0.6) is 11.5 Å². The molecule has 1 aromatic heterocycles. The zero-order valence-electron chi connectivity index (χ0n) is 16.7. The smallest absolute Gasteiger partial charge is 0.321 e. The molecule has 2 amide bonds. The average molecular weight is 423 g/mol. The third-order valence-corrected chi connectivity index (χ3v) is 6.45. The minimum absolute atomic E-state index is 0.0169. The number of anilines is 1. The van der Waals surface area contributed by atoms with Gasteiger partial charge in [-0.1, -0.05) is 0 Å². The molecule has 2 aromatic rings. The highest BCUT2D eigenvalue weighted by Crippen LogP contribution is 2.29. The molecule has 0 aliphatic carbocycles. The van der Waals surface area contributed by atoms with E-state index < -0.39 is 10.0 Å². The Kier molecular flexibility index (Phi) is 6.28. The lowest BCUT2D eigenvalue weighted by Gasteiger charge is -2.22. The van der Waals surface area contributed by atoms with E-state index in [1.165, 1.54) is 31.0 Å². The number of hydrogen-bond donors (Lipinski definition) is 1. The Balaban J connectivity index is 1.65. The van der Waals surface area contributed by atoms with Gasteiger partial charge in [0.15, 0.2) is 16.5 Å². The number of nitrogens with zero attached hydrogens (tertiary/aromatic N) is 4. The van der Waals surface area contributed by atoms with Crippen molar-refractivity contribution in [2.45, 2.75) is 11.4 Å². The number of aryl methyl sites for hydroxylation is 1. The number of benzene rings is 1. The number of urea groups is 1. The average Bonchev–Trinajstić information content (AvgIpc) is 3.00. The molecule has 1 saturated heterocycles.